The Kier molecular flexibility index (Phi) is 5.30. The van der Waals surface area contributed by atoms with Gasteiger partial charge in [-0.25, -0.2) is 0 Å². The van der Waals surface area contributed by atoms with E-state index < -0.39 is 0 Å². The molecule has 0 aliphatic carbocycles. The maximum Gasteiger partial charge on any atom is 0.325 e. The molecule has 1 aromatic rings. The fraction of sp³-hybridized carbons (Fsp3) is 0.462. The number of carbonyl (C=O) groups is 2. The fourth-order valence-corrected chi connectivity index (χ4v) is 1.45. The van der Waals surface area contributed by atoms with E-state index in [4.69, 9.17) is 4.74 Å². The van der Waals surface area contributed by atoms with Crippen molar-refractivity contribution in [3.8, 4) is 0 Å². The summed E-state index contributed by atoms with van der Waals surface area (Å²) in [4.78, 5) is 28.5. The number of pyridine rings is 1. The molecule has 0 spiro atoms. The molecule has 0 aliphatic heterocycles. The van der Waals surface area contributed by atoms with Crippen molar-refractivity contribution in [2.75, 3.05) is 25.1 Å². The van der Waals surface area contributed by atoms with Gasteiger partial charge in [0.05, 0.1) is 18.5 Å². The Morgan fingerprint density at radius 1 is 1.33 bits per heavy atom. The smallest absolute Gasteiger partial charge is 0.325 e. The van der Waals surface area contributed by atoms with Gasteiger partial charge < -0.3 is 9.64 Å². The summed E-state index contributed by atoms with van der Waals surface area (Å²) >= 11 is 0. The molecule has 18 heavy (non-hydrogen) atoms. The van der Waals surface area contributed by atoms with E-state index in [0.29, 0.717) is 18.7 Å². The van der Waals surface area contributed by atoms with Crippen LogP contribution in [0.4, 0.5) is 5.69 Å². The zero-order valence-electron chi connectivity index (χ0n) is 11.0. The molecule has 0 aliphatic rings. The van der Waals surface area contributed by atoms with E-state index in [0.717, 1.165) is 5.69 Å². The Labute approximate surface area is 107 Å². The van der Waals surface area contributed by atoms with Gasteiger partial charge in [0.2, 0.25) is 0 Å². The maximum absolute atomic E-state index is 11.4. The molecule has 0 atom stereocenters. The van der Waals surface area contributed by atoms with Gasteiger partial charge in [-0.2, -0.15) is 0 Å². The van der Waals surface area contributed by atoms with Crippen molar-refractivity contribution in [1.29, 1.82) is 0 Å². The third-order valence-electron chi connectivity index (χ3n) is 2.47. The van der Waals surface area contributed by atoms with Gasteiger partial charge in [0.25, 0.3) is 0 Å². The predicted molar refractivity (Wildman–Crippen MR) is 68.8 cm³/mol. The number of esters is 1. The SMILES string of the molecule is CCOC(=O)CN(C)c1ccc(C(=O)CC)nc1. The monoisotopic (exact) mass is 250 g/mol. The molecule has 5 heteroatoms. The second-order valence-corrected chi connectivity index (χ2v) is 3.84. The Bertz CT molecular complexity index is 415. The van der Waals surface area contributed by atoms with Gasteiger partial charge in [-0.05, 0) is 19.1 Å². The molecule has 5 nitrogen and oxygen atoms in total. The number of carbonyl (C=O) groups excluding carboxylic acids is 2. The highest BCUT2D eigenvalue weighted by Gasteiger charge is 2.10. The molecule has 0 saturated carbocycles. The molecular formula is C13H18N2O3. The Balaban J connectivity index is 2.67. The predicted octanol–water partition coefficient (Wildman–Crippen LogP) is 1.67. The summed E-state index contributed by atoms with van der Waals surface area (Å²) in [5.74, 6) is -0.275. The first-order valence-electron chi connectivity index (χ1n) is 5.94. The highest BCUT2D eigenvalue weighted by Crippen LogP contribution is 2.12. The molecule has 0 fully saturated rings. The lowest BCUT2D eigenvalue weighted by molar-refractivity contribution is -0.141. The summed E-state index contributed by atoms with van der Waals surface area (Å²) in [5.41, 5.74) is 1.22. The van der Waals surface area contributed by atoms with Crippen LogP contribution in [0.1, 0.15) is 30.8 Å². The number of anilines is 1. The van der Waals surface area contributed by atoms with E-state index in [-0.39, 0.29) is 18.3 Å². The van der Waals surface area contributed by atoms with E-state index in [1.165, 1.54) is 0 Å². The van der Waals surface area contributed by atoms with Crippen molar-refractivity contribution in [3.05, 3.63) is 24.0 Å². The first-order valence-corrected chi connectivity index (χ1v) is 5.94. The third kappa shape index (κ3) is 3.84. The van der Waals surface area contributed by atoms with Crippen LogP contribution in [0.15, 0.2) is 18.3 Å². The van der Waals surface area contributed by atoms with Gasteiger partial charge in [0.15, 0.2) is 5.78 Å². The van der Waals surface area contributed by atoms with E-state index in [1.54, 1.807) is 44.1 Å². The van der Waals surface area contributed by atoms with E-state index in [1.807, 2.05) is 0 Å². The lowest BCUT2D eigenvalue weighted by Gasteiger charge is -2.17. The number of rotatable bonds is 6. The number of aromatic nitrogens is 1. The summed E-state index contributed by atoms with van der Waals surface area (Å²) in [5, 5.41) is 0. The highest BCUT2D eigenvalue weighted by molar-refractivity contribution is 5.94. The molecule has 98 valence electrons. The molecule has 1 rings (SSSR count). The van der Waals surface area contributed by atoms with Crippen molar-refractivity contribution >= 4 is 17.4 Å². The standard InChI is InChI=1S/C13H18N2O3/c1-4-12(16)11-7-6-10(8-14-11)15(3)9-13(17)18-5-2/h6-8H,4-5,9H2,1-3H3. The molecular weight excluding hydrogens is 232 g/mol. The number of hydrogen-bond donors (Lipinski definition) is 0. The van der Waals surface area contributed by atoms with Crippen LogP contribution in [0.2, 0.25) is 0 Å². The minimum Gasteiger partial charge on any atom is -0.465 e. The van der Waals surface area contributed by atoms with Crippen LogP contribution in [0, 0.1) is 0 Å². The molecule has 0 N–H and O–H groups in total. The molecule has 0 amide bonds. The van der Waals surface area contributed by atoms with Crippen LogP contribution in [-0.2, 0) is 9.53 Å². The van der Waals surface area contributed by atoms with Crippen LogP contribution in [0.3, 0.4) is 0 Å². The van der Waals surface area contributed by atoms with Gasteiger partial charge in [-0.15, -0.1) is 0 Å². The summed E-state index contributed by atoms with van der Waals surface area (Å²) in [6.07, 6.45) is 2.02. The highest BCUT2D eigenvalue weighted by atomic mass is 16.5. The molecule has 0 aromatic carbocycles. The molecule has 1 heterocycles. The van der Waals surface area contributed by atoms with Crippen molar-refractivity contribution in [2.45, 2.75) is 20.3 Å². The number of likely N-dealkylation sites (N-methyl/N-ethyl adjacent to an activating group) is 1. The van der Waals surface area contributed by atoms with Crippen LogP contribution >= 0.6 is 0 Å². The van der Waals surface area contributed by atoms with Gasteiger partial charge >= 0.3 is 5.97 Å². The summed E-state index contributed by atoms with van der Waals surface area (Å²) in [6, 6.07) is 3.44. The van der Waals surface area contributed by atoms with Gasteiger partial charge in [-0.1, -0.05) is 6.92 Å². The second-order valence-electron chi connectivity index (χ2n) is 3.84. The van der Waals surface area contributed by atoms with Crippen molar-refractivity contribution < 1.29 is 14.3 Å². The molecule has 0 radical (unpaired) electrons. The Hall–Kier alpha value is -1.91. The first-order chi connectivity index (χ1) is 8.58. The second kappa shape index (κ2) is 6.74. The number of Topliss-reactive ketones (excluding diaryl/α,β-unsaturated/α-hetero) is 1. The molecule has 0 saturated heterocycles. The van der Waals surface area contributed by atoms with Gasteiger partial charge in [0.1, 0.15) is 12.2 Å². The normalized spacial score (nSPS) is 9.94. The van der Waals surface area contributed by atoms with Crippen LogP contribution in [-0.4, -0.2) is 36.9 Å². The quantitative estimate of drug-likeness (QED) is 0.568. The Morgan fingerprint density at radius 3 is 2.56 bits per heavy atom. The lowest BCUT2D eigenvalue weighted by atomic mass is 10.2. The average Bonchev–Trinajstić information content (AvgIpc) is 2.38. The van der Waals surface area contributed by atoms with Crippen LogP contribution in [0.25, 0.3) is 0 Å². The number of ketones is 1. The Morgan fingerprint density at radius 2 is 2.06 bits per heavy atom. The zero-order chi connectivity index (χ0) is 13.5. The minimum absolute atomic E-state index is 0.00888. The van der Waals surface area contributed by atoms with E-state index in [9.17, 15) is 9.59 Å². The first kappa shape index (κ1) is 14.2. The average molecular weight is 250 g/mol. The number of nitrogens with zero attached hydrogens (tertiary/aromatic N) is 2. The summed E-state index contributed by atoms with van der Waals surface area (Å²) in [6.45, 7) is 4.10. The van der Waals surface area contributed by atoms with Crippen LogP contribution in [0.5, 0.6) is 0 Å². The maximum atomic E-state index is 11.4. The van der Waals surface area contributed by atoms with Gasteiger partial charge in [0, 0.05) is 13.5 Å². The summed E-state index contributed by atoms with van der Waals surface area (Å²) < 4.78 is 4.86. The third-order valence-corrected chi connectivity index (χ3v) is 2.47. The fourth-order valence-electron chi connectivity index (χ4n) is 1.45. The van der Waals surface area contributed by atoms with Crippen molar-refractivity contribution in [3.63, 3.8) is 0 Å². The van der Waals surface area contributed by atoms with Gasteiger partial charge in [-0.3, -0.25) is 14.6 Å². The van der Waals surface area contributed by atoms with E-state index >= 15 is 0 Å². The van der Waals surface area contributed by atoms with Crippen molar-refractivity contribution in [2.24, 2.45) is 0 Å². The largest absolute Gasteiger partial charge is 0.465 e. The number of hydrogen-bond acceptors (Lipinski definition) is 5. The number of ether oxygens (including phenoxy) is 1. The molecule has 0 bridgehead atoms. The van der Waals surface area contributed by atoms with Crippen LogP contribution < -0.4 is 4.90 Å². The lowest BCUT2D eigenvalue weighted by Crippen LogP contribution is -2.27. The molecule has 0 unspecified atom stereocenters. The topological polar surface area (TPSA) is 59.5 Å². The minimum atomic E-state index is -0.284. The van der Waals surface area contributed by atoms with Crippen molar-refractivity contribution in [1.82, 2.24) is 4.98 Å². The molecule has 1 aromatic heterocycles. The zero-order valence-corrected chi connectivity index (χ0v) is 11.0. The van der Waals surface area contributed by atoms with E-state index in [2.05, 4.69) is 4.98 Å². The summed E-state index contributed by atoms with van der Waals surface area (Å²) in [7, 11) is 1.77.